The predicted molar refractivity (Wildman–Crippen MR) is 79.1 cm³/mol. The molecule has 1 aromatic heterocycles. The van der Waals surface area contributed by atoms with Crippen molar-refractivity contribution < 1.29 is 9.90 Å². The molecule has 21 heavy (non-hydrogen) atoms. The highest BCUT2D eigenvalue weighted by atomic mass is 16.3. The molecule has 2 heterocycles. The molecule has 0 spiro atoms. The number of nitrogens with zero attached hydrogens (tertiary/aromatic N) is 4. The van der Waals surface area contributed by atoms with Crippen LogP contribution in [0.25, 0.3) is 0 Å². The molecule has 0 bridgehead atoms. The molecule has 0 aromatic carbocycles. The smallest absolute Gasteiger partial charge is 0.293 e. The molecular formula is C14H25N5O2. The standard InChI is InChI=1S/C14H25N5O2/c1-14(2,3)13-15-11(16-17-13)12(21)19-6-4-5-18(7-8-19)9-10-20/h20H,4-10H2,1-3H3,(H,15,16,17). The third-order valence-corrected chi connectivity index (χ3v) is 3.68. The van der Waals surface area contributed by atoms with Gasteiger partial charge in [-0.1, -0.05) is 20.8 Å². The third kappa shape index (κ3) is 4.01. The van der Waals surface area contributed by atoms with Crippen LogP contribution in [-0.2, 0) is 5.41 Å². The lowest BCUT2D eigenvalue weighted by molar-refractivity contribution is 0.0748. The Morgan fingerprint density at radius 3 is 2.67 bits per heavy atom. The van der Waals surface area contributed by atoms with Crippen molar-refractivity contribution >= 4 is 5.91 Å². The zero-order chi connectivity index (χ0) is 15.5. The van der Waals surface area contributed by atoms with Gasteiger partial charge in [-0.25, -0.2) is 4.98 Å². The molecule has 0 saturated carbocycles. The Hall–Kier alpha value is -1.47. The van der Waals surface area contributed by atoms with E-state index in [9.17, 15) is 4.79 Å². The summed E-state index contributed by atoms with van der Waals surface area (Å²) < 4.78 is 0. The minimum absolute atomic E-state index is 0.118. The monoisotopic (exact) mass is 295 g/mol. The molecule has 7 nitrogen and oxygen atoms in total. The minimum Gasteiger partial charge on any atom is -0.395 e. The van der Waals surface area contributed by atoms with Crippen molar-refractivity contribution in [1.82, 2.24) is 25.0 Å². The lowest BCUT2D eigenvalue weighted by Crippen LogP contribution is -2.36. The fourth-order valence-corrected chi connectivity index (χ4v) is 2.37. The van der Waals surface area contributed by atoms with Crippen LogP contribution in [0.2, 0.25) is 0 Å². The van der Waals surface area contributed by atoms with Gasteiger partial charge >= 0.3 is 0 Å². The van der Waals surface area contributed by atoms with Crippen LogP contribution < -0.4 is 0 Å². The average Bonchev–Trinajstić information content (AvgIpc) is 2.81. The van der Waals surface area contributed by atoms with E-state index in [0.717, 1.165) is 25.3 Å². The third-order valence-electron chi connectivity index (χ3n) is 3.68. The maximum Gasteiger partial charge on any atom is 0.293 e. The molecule has 1 aromatic rings. The molecular weight excluding hydrogens is 270 g/mol. The first-order valence-electron chi connectivity index (χ1n) is 7.47. The SMILES string of the molecule is CC(C)(C)c1nc(C(=O)N2CCCN(CCO)CC2)n[nH]1. The fourth-order valence-electron chi connectivity index (χ4n) is 2.37. The number of carbonyl (C=O) groups is 1. The molecule has 2 N–H and O–H groups in total. The van der Waals surface area contributed by atoms with Crippen LogP contribution in [0, 0.1) is 0 Å². The molecule has 1 aliphatic rings. The van der Waals surface area contributed by atoms with Crippen molar-refractivity contribution in [2.45, 2.75) is 32.6 Å². The van der Waals surface area contributed by atoms with E-state index in [1.165, 1.54) is 0 Å². The number of carbonyl (C=O) groups excluding carboxylic acids is 1. The van der Waals surface area contributed by atoms with Crippen LogP contribution in [0.3, 0.4) is 0 Å². The van der Waals surface area contributed by atoms with E-state index in [4.69, 9.17) is 5.11 Å². The Bertz CT molecular complexity index is 480. The Morgan fingerprint density at radius 2 is 2.05 bits per heavy atom. The second-order valence-corrected chi connectivity index (χ2v) is 6.47. The summed E-state index contributed by atoms with van der Waals surface area (Å²) in [4.78, 5) is 20.8. The van der Waals surface area contributed by atoms with Gasteiger partial charge in [0.25, 0.3) is 5.91 Å². The number of rotatable bonds is 3. The van der Waals surface area contributed by atoms with Crippen molar-refractivity contribution in [2.24, 2.45) is 0 Å². The first-order chi connectivity index (χ1) is 9.91. The van der Waals surface area contributed by atoms with Gasteiger partial charge < -0.3 is 10.0 Å². The van der Waals surface area contributed by atoms with E-state index in [-0.39, 0.29) is 23.8 Å². The zero-order valence-corrected chi connectivity index (χ0v) is 13.1. The van der Waals surface area contributed by atoms with Gasteiger partial charge in [0.15, 0.2) is 0 Å². The highest BCUT2D eigenvalue weighted by molar-refractivity contribution is 5.90. The highest BCUT2D eigenvalue weighted by Gasteiger charge is 2.25. The van der Waals surface area contributed by atoms with E-state index in [1.54, 1.807) is 4.90 Å². The normalized spacial score (nSPS) is 17.8. The van der Waals surface area contributed by atoms with E-state index in [2.05, 4.69) is 20.1 Å². The van der Waals surface area contributed by atoms with Gasteiger partial charge in [0, 0.05) is 31.6 Å². The number of aromatic amines is 1. The molecule has 0 radical (unpaired) electrons. The Kier molecular flexibility index (Phi) is 4.95. The lowest BCUT2D eigenvalue weighted by atomic mass is 9.96. The summed E-state index contributed by atoms with van der Waals surface area (Å²) in [6, 6.07) is 0. The number of hydrogen-bond donors (Lipinski definition) is 2. The van der Waals surface area contributed by atoms with Gasteiger partial charge in [-0.2, -0.15) is 0 Å². The molecule has 0 unspecified atom stereocenters. The molecule has 2 rings (SSSR count). The second kappa shape index (κ2) is 6.53. The first kappa shape index (κ1) is 15.9. The highest BCUT2D eigenvalue weighted by Crippen LogP contribution is 2.18. The first-order valence-corrected chi connectivity index (χ1v) is 7.47. The second-order valence-electron chi connectivity index (χ2n) is 6.47. The van der Waals surface area contributed by atoms with Crippen LogP contribution in [0.4, 0.5) is 0 Å². The summed E-state index contributed by atoms with van der Waals surface area (Å²) in [5.74, 6) is 0.853. The number of hydrogen-bond acceptors (Lipinski definition) is 5. The molecule has 1 saturated heterocycles. The summed E-state index contributed by atoms with van der Waals surface area (Å²) >= 11 is 0. The van der Waals surface area contributed by atoms with E-state index >= 15 is 0 Å². The predicted octanol–water partition coefficient (Wildman–Crippen LogP) is 0.242. The van der Waals surface area contributed by atoms with E-state index in [1.807, 2.05) is 20.8 Å². The topological polar surface area (TPSA) is 85.3 Å². The summed E-state index contributed by atoms with van der Waals surface area (Å²) in [6.07, 6.45) is 0.905. The Morgan fingerprint density at radius 1 is 1.29 bits per heavy atom. The van der Waals surface area contributed by atoms with Crippen molar-refractivity contribution in [3.63, 3.8) is 0 Å². The minimum atomic E-state index is -0.151. The van der Waals surface area contributed by atoms with Crippen LogP contribution >= 0.6 is 0 Å². The molecule has 1 fully saturated rings. The summed E-state index contributed by atoms with van der Waals surface area (Å²) in [5, 5.41) is 15.9. The van der Waals surface area contributed by atoms with Crippen molar-refractivity contribution in [3.05, 3.63) is 11.6 Å². The molecule has 1 aliphatic heterocycles. The molecule has 0 aliphatic carbocycles. The fraction of sp³-hybridized carbons (Fsp3) is 0.786. The maximum atomic E-state index is 12.5. The number of amides is 1. The van der Waals surface area contributed by atoms with E-state index in [0.29, 0.717) is 19.6 Å². The van der Waals surface area contributed by atoms with Crippen molar-refractivity contribution in [3.8, 4) is 0 Å². The number of H-pyrrole nitrogens is 1. The van der Waals surface area contributed by atoms with Crippen molar-refractivity contribution in [2.75, 3.05) is 39.3 Å². The van der Waals surface area contributed by atoms with Gasteiger partial charge in [0.2, 0.25) is 5.82 Å². The van der Waals surface area contributed by atoms with Crippen LogP contribution in [0.1, 0.15) is 43.6 Å². The largest absolute Gasteiger partial charge is 0.395 e. The van der Waals surface area contributed by atoms with Crippen LogP contribution in [0.15, 0.2) is 0 Å². The maximum absolute atomic E-state index is 12.5. The van der Waals surface area contributed by atoms with Gasteiger partial charge in [-0.05, 0) is 13.0 Å². The van der Waals surface area contributed by atoms with Gasteiger partial charge in [0.05, 0.1) is 6.61 Å². The van der Waals surface area contributed by atoms with Crippen LogP contribution in [-0.4, -0.2) is 75.3 Å². The van der Waals surface area contributed by atoms with Crippen molar-refractivity contribution in [1.29, 1.82) is 0 Å². The van der Waals surface area contributed by atoms with E-state index < -0.39 is 0 Å². The quantitative estimate of drug-likeness (QED) is 0.834. The molecule has 1 amide bonds. The Labute approximate surface area is 125 Å². The summed E-state index contributed by atoms with van der Waals surface area (Å²) in [6.45, 7) is 9.95. The summed E-state index contributed by atoms with van der Waals surface area (Å²) in [5.41, 5.74) is -0.151. The number of β-amino-alcohol motifs (C(OH)–C–C–N with tert-alkyl or cyclic N) is 1. The Balaban J connectivity index is 2.01. The molecule has 7 heteroatoms. The average molecular weight is 295 g/mol. The number of aromatic nitrogens is 3. The van der Waals surface area contributed by atoms with Crippen LogP contribution in [0.5, 0.6) is 0 Å². The zero-order valence-electron chi connectivity index (χ0n) is 13.1. The van der Waals surface area contributed by atoms with Gasteiger partial charge in [0.1, 0.15) is 5.82 Å². The summed E-state index contributed by atoms with van der Waals surface area (Å²) in [7, 11) is 0. The molecule has 0 atom stereocenters. The molecule has 118 valence electrons. The lowest BCUT2D eigenvalue weighted by Gasteiger charge is -2.20. The number of aliphatic hydroxyl groups is 1. The number of nitrogens with one attached hydrogen (secondary N) is 1. The number of aliphatic hydroxyl groups excluding tert-OH is 1. The van der Waals surface area contributed by atoms with Gasteiger partial charge in [-0.3, -0.25) is 14.8 Å². The van der Waals surface area contributed by atoms with Gasteiger partial charge in [-0.15, -0.1) is 5.10 Å².